The van der Waals surface area contributed by atoms with E-state index in [-0.39, 0.29) is 6.61 Å². The van der Waals surface area contributed by atoms with Gasteiger partial charge in [0.05, 0.1) is 0 Å². The van der Waals surface area contributed by atoms with Gasteiger partial charge in [0.15, 0.2) is 0 Å². The molecule has 1 aromatic rings. The van der Waals surface area contributed by atoms with Crippen LogP contribution in [0, 0.1) is 6.92 Å². The molecule has 0 heterocycles. The molecule has 0 amide bonds. The summed E-state index contributed by atoms with van der Waals surface area (Å²) in [6, 6.07) is 9.67. The lowest BCUT2D eigenvalue weighted by Crippen LogP contribution is -2.24. The van der Waals surface area contributed by atoms with E-state index in [0.717, 1.165) is 6.04 Å². The van der Waals surface area contributed by atoms with E-state index in [4.69, 9.17) is 0 Å². The highest BCUT2D eigenvalue weighted by atomic mass is 28.3. The Morgan fingerprint density at radius 1 is 1.27 bits per heavy atom. The molecule has 1 N–H and O–H groups in total. The summed E-state index contributed by atoms with van der Waals surface area (Å²) in [5, 5.41) is 9.46. The zero-order valence-corrected chi connectivity index (χ0v) is 11.2. The molecule has 1 unspecified atom stereocenters. The fourth-order valence-corrected chi connectivity index (χ4v) is 3.79. The van der Waals surface area contributed by atoms with Crippen molar-refractivity contribution in [1.82, 2.24) is 0 Å². The lowest BCUT2D eigenvalue weighted by molar-refractivity contribution is 0.272. The van der Waals surface area contributed by atoms with Crippen LogP contribution in [-0.2, 0) is 0 Å². The molecule has 1 aromatic carbocycles. The first-order valence-corrected chi connectivity index (χ1v) is 9.30. The van der Waals surface area contributed by atoms with E-state index < -0.39 is 8.07 Å². The van der Waals surface area contributed by atoms with Gasteiger partial charge in [-0.05, 0) is 18.5 Å². The number of benzene rings is 1. The Kier molecular flexibility index (Phi) is 4.11. The first-order chi connectivity index (χ1) is 6.92. The van der Waals surface area contributed by atoms with E-state index in [0.29, 0.717) is 5.92 Å². The zero-order chi connectivity index (χ0) is 11.5. The second kappa shape index (κ2) is 4.95. The molecular formula is C13H22OSi. The maximum absolute atomic E-state index is 9.46. The highest BCUT2D eigenvalue weighted by molar-refractivity contribution is 6.76. The average Bonchev–Trinajstić information content (AvgIpc) is 2.13. The molecule has 0 radical (unpaired) electrons. The Morgan fingerprint density at radius 3 is 2.40 bits per heavy atom. The molecule has 1 atom stereocenters. The van der Waals surface area contributed by atoms with Crippen molar-refractivity contribution >= 4 is 8.07 Å². The molecule has 1 rings (SSSR count). The van der Waals surface area contributed by atoms with Crippen LogP contribution >= 0.6 is 0 Å². The lowest BCUT2D eigenvalue weighted by Gasteiger charge is -2.23. The normalized spacial score (nSPS) is 13.9. The summed E-state index contributed by atoms with van der Waals surface area (Å²) in [6.07, 6.45) is 0. The predicted octanol–water partition coefficient (Wildman–Crippen LogP) is 3.41. The quantitative estimate of drug-likeness (QED) is 0.774. The molecular weight excluding hydrogens is 200 g/mol. The van der Waals surface area contributed by atoms with Crippen LogP contribution in [0.2, 0.25) is 25.7 Å². The molecule has 1 nitrogen and oxygen atoms in total. The maximum atomic E-state index is 9.46. The fraction of sp³-hybridized carbons (Fsp3) is 0.538. The van der Waals surface area contributed by atoms with Crippen molar-refractivity contribution in [2.45, 2.75) is 38.5 Å². The summed E-state index contributed by atoms with van der Waals surface area (Å²) in [4.78, 5) is 0. The van der Waals surface area contributed by atoms with Gasteiger partial charge >= 0.3 is 0 Å². The first kappa shape index (κ1) is 12.5. The van der Waals surface area contributed by atoms with Gasteiger partial charge in [0.25, 0.3) is 0 Å². The summed E-state index contributed by atoms with van der Waals surface area (Å²) in [6.45, 7) is 9.43. The van der Waals surface area contributed by atoms with Crippen LogP contribution in [0.4, 0.5) is 0 Å². The second-order valence-corrected chi connectivity index (χ2v) is 11.1. The molecule has 15 heavy (non-hydrogen) atoms. The van der Waals surface area contributed by atoms with Crippen LogP contribution in [0.25, 0.3) is 0 Å². The molecule has 0 fully saturated rings. The number of rotatable bonds is 4. The molecule has 2 heteroatoms. The molecule has 0 saturated heterocycles. The van der Waals surface area contributed by atoms with Crippen molar-refractivity contribution in [2.24, 2.45) is 0 Å². The first-order valence-electron chi connectivity index (χ1n) is 5.60. The number of aryl methyl sites for hydroxylation is 1. The smallest absolute Gasteiger partial charge is 0.0497 e. The third-order valence-corrected chi connectivity index (χ3v) is 4.31. The number of hydrogen-bond acceptors (Lipinski definition) is 1. The molecule has 0 aliphatic rings. The van der Waals surface area contributed by atoms with Crippen LogP contribution < -0.4 is 0 Å². The maximum Gasteiger partial charge on any atom is 0.0497 e. The van der Waals surface area contributed by atoms with E-state index in [2.05, 4.69) is 50.8 Å². The van der Waals surface area contributed by atoms with Crippen LogP contribution in [0.1, 0.15) is 17.0 Å². The summed E-state index contributed by atoms with van der Waals surface area (Å²) in [5.74, 6) is 0.330. The molecule has 84 valence electrons. The zero-order valence-electron chi connectivity index (χ0n) is 10.2. The van der Waals surface area contributed by atoms with Gasteiger partial charge in [-0.25, -0.2) is 0 Å². The van der Waals surface area contributed by atoms with Gasteiger partial charge in [-0.3, -0.25) is 0 Å². The van der Waals surface area contributed by atoms with Crippen molar-refractivity contribution in [3.05, 3.63) is 35.4 Å². The van der Waals surface area contributed by atoms with Crippen molar-refractivity contribution < 1.29 is 5.11 Å². The largest absolute Gasteiger partial charge is 0.396 e. The van der Waals surface area contributed by atoms with E-state index in [1.807, 2.05) is 0 Å². The standard InChI is InChI=1S/C13H22OSi/c1-11-6-5-7-12(8-11)13(9-14)10-15(2,3)4/h5-8,13-14H,9-10H2,1-4H3. The Bertz CT molecular complexity index is 315. The summed E-state index contributed by atoms with van der Waals surface area (Å²) < 4.78 is 0. The van der Waals surface area contributed by atoms with Crippen LogP contribution in [0.5, 0.6) is 0 Å². The average molecular weight is 222 g/mol. The topological polar surface area (TPSA) is 20.2 Å². The minimum absolute atomic E-state index is 0.272. The molecule has 0 aromatic heterocycles. The van der Waals surface area contributed by atoms with Crippen molar-refractivity contribution in [3.63, 3.8) is 0 Å². The highest BCUT2D eigenvalue weighted by Crippen LogP contribution is 2.26. The van der Waals surface area contributed by atoms with Gasteiger partial charge in [0.2, 0.25) is 0 Å². The van der Waals surface area contributed by atoms with Gasteiger partial charge in [-0.2, -0.15) is 0 Å². The number of aliphatic hydroxyl groups is 1. The third kappa shape index (κ3) is 4.18. The van der Waals surface area contributed by atoms with Crippen LogP contribution in [-0.4, -0.2) is 19.8 Å². The van der Waals surface area contributed by atoms with Crippen molar-refractivity contribution in [2.75, 3.05) is 6.61 Å². The Hall–Kier alpha value is -0.603. The molecule has 0 saturated carbocycles. The van der Waals surface area contributed by atoms with Gasteiger partial charge in [-0.1, -0.05) is 49.5 Å². The molecule has 0 spiro atoms. The Balaban J connectivity index is 2.83. The molecule has 0 bridgehead atoms. The van der Waals surface area contributed by atoms with Gasteiger partial charge in [0, 0.05) is 20.6 Å². The Labute approximate surface area is 94.2 Å². The predicted molar refractivity (Wildman–Crippen MR) is 69.2 cm³/mol. The molecule has 0 aliphatic carbocycles. The van der Waals surface area contributed by atoms with E-state index in [1.165, 1.54) is 11.1 Å². The number of hydrogen-bond donors (Lipinski definition) is 1. The third-order valence-electron chi connectivity index (χ3n) is 2.59. The second-order valence-electron chi connectivity index (χ2n) is 5.56. The summed E-state index contributed by atoms with van der Waals surface area (Å²) in [5.41, 5.74) is 2.57. The molecule has 0 aliphatic heterocycles. The van der Waals surface area contributed by atoms with Gasteiger partial charge in [0.1, 0.15) is 0 Å². The summed E-state index contributed by atoms with van der Waals surface area (Å²) in [7, 11) is -1.10. The van der Waals surface area contributed by atoms with Gasteiger partial charge in [-0.15, -0.1) is 0 Å². The summed E-state index contributed by atoms with van der Waals surface area (Å²) >= 11 is 0. The van der Waals surface area contributed by atoms with Crippen LogP contribution in [0.3, 0.4) is 0 Å². The SMILES string of the molecule is Cc1cccc(C(CO)C[Si](C)(C)C)c1. The number of aliphatic hydroxyl groups excluding tert-OH is 1. The Morgan fingerprint density at radius 2 is 1.93 bits per heavy atom. The van der Waals surface area contributed by atoms with Crippen molar-refractivity contribution in [3.8, 4) is 0 Å². The van der Waals surface area contributed by atoms with E-state index in [1.54, 1.807) is 0 Å². The lowest BCUT2D eigenvalue weighted by atomic mass is 10.0. The van der Waals surface area contributed by atoms with Crippen molar-refractivity contribution in [1.29, 1.82) is 0 Å². The minimum atomic E-state index is -1.10. The van der Waals surface area contributed by atoms with E-state index >= 15 is 0 Å². The fourth-order valence-electron chi connectivity index (χ4n) is 1.95. The highest BCUT2D eigenvalue weighted by Gasteiger charge is 2.21. The van der Waals surface area contributed by atoms with Gasteiger partial charge < -0.3 is 5.11 Å². The van der Waals surface area contributed by atoms with Crippen LogP contribution in [0.15, 0.2) is 24.3 Å². The monoisotopic (exact) mass is 222 g/mol. The minimum Gasteiger partial charge on any atom is -0.396 e. The van der Waals surface area contributed by atoms with E-state index in [9.17, 15) is 5.11 Å².